The van der Waals surface area contributed by atoms with Gasteiger partial charge >= 0.3 is 0 Å². The maximum absolute atomic E-state index is 12.1. The van der Waals surface area contributed by atoms with Crippen LogP contribution in [-0.4, -0.2) is 32.6 Å². The number of hydrogen-bond donors (Lipinski definition) is 2. The van der Waals surface area contributed by atoms with Crippen LogP contribution in [0.5, 0.6) is 11.5 Å². The second-order valence-electron chi connectivity index (χ2n) is 4.38. The van der Waals surface area contributed by atoms with E-state index in [0.717, 1.165) is 12.0 Å². The lowest BCUT2D eigenvalue weighted by atomic mass is 10.1. The van der Waals surface area contributed by atoms with Crippen LogP contribution in [0.25, 0.3) is 0 Å². The minimum Gasteiger partial charge on any atom is -0.493 e. The third-order valence-electron chi connectivity index (χ3n) is 3.02. The molecular weight excluding hydrogens is 258 g/mol. The molecule has 108 valence electrons. The molecule has 0 aromatic heterocycles. The minimum absolute atomic E-state index is 0.147. The lowest BCUT2D eigenvalue weighted by Crippen LogP contribution is -2.25. The van der Waals surface area contributed by atoms with E-state index in [2.05, 4.69) is 15.6 Å². The Balaban J connectivity index is 2.30. The van der Waals surface area contributed by atoms with Crippen molar-refractivity contribution in [3.8, 4) is 11.5 Å². The minimum atomic E-state index is -0.518. The molecule has 1 unspecified atom stereocenters. The molecule has 6 heteroatoms. The summed E-state index contributed by atoms with van der Waals surface area (Å²) in [6, 6.07) is 4.94. The van der Waals surface area contributed by atoms with Gasteiger partial charge in [-0.1, -0.05) is 19.1 Å². The molecule has 6 nitrogen and oxygen atoms in total. The SMILES string of the molecule is CCCN=C1NC(=O)C(c2cccc(OC)c2OC)N1. The van der Waals surface area contributed by atoms with Gasteiger partial charge in [0.25, 0.3) is 5.91 Å². The Bertz CT molecular complexity index is 528. The van der Waals surface area contributed by atoms with Crippen LogP contribution >= 0.6 is 0 Å². The fourth-order valence-corrected chi connectivity index (χ4v) is 2.09. The standard InChI is InChI=1S/C14H19N3O3/c1-4-8-15-14-16-11(13(18)17-14)9-6-5-7-10(19-2)12(9)20-3/h5-7,11H,4,8H2,1-3H3,(H2,15,16,17,18). The zero-order valence-corrected chi connectivity index (χ0v) is 11.9. The van der Waals surface area contributed by atoms with Crippen LogP contribution in [-0.2, 0) is 4.79 Å². The molecule has 0 radical (unpaired) electrons. The molecule has 1 aliphatic rings. The zero-order valence-electron chi connectivity index (χ0n) is 11.9. The molecule has 1 aromatic carbocycles. The summed E-state index contributed by atoms with van der Waals surface area (Å²) >= 11 is 0. The molecule has 1 heterocycles. The number of benzene rings is 1. The van der Waals surface area contributed by atoms with Gasteiger partial charge in [0, 0.05) is 12.1 Å². The fraction of sp³-hybridized carbons (Fsp3) is 0.429. The molecule has 0 bridgehead atoms. The van der Waals surface area contributed by atoms with Gasteiger partial charge in [0.15, 0.2) is 17.5 Å². The number of ether oxygens (including phenoxy) is 2. The number of amides is 1. The summed E-state index contributed by atoms with van der Waals surface area (Å²) in [5.41, 5.74) is 0.728. The molecule has 1 fully saturated rings. The molecule has 0 saturated carbocycles. The van der Waals surface area contributed by atoms with Crippen molar-refractivity contribution < 1.29 is 14.3 Å². The quantitative estimate of drug-likeness (QED) is 0.849. The number of para-hydroxylation sites is 1. The summed E-state index contributed by atoms with van der Waals surface area (Å²) < 4.78 is 10.6. The van der Waals surface area contributed by atoms with Gasteiger partial charge < -0.3 is 14.8 Å². The fourth-order valence-electron chi connectivity index (χ4n) is 2.09. The third kappa shape index (κ3) is 2.68. The van der Waals surface area contributed by atoms with Crippen LogP contribution < -0.4 is 20.1 Å². The largest absolute Gasteiger partial charge is 0.493 e. The molecule has 0 aliphatic carbocycles. The number of nitrogens with zero attached hydrogens (tertiary/aromatic N) is 1. The first-order valence-electron chi connectivity index (χ1n) is 6.54. The summed E-state index contributed by atoms with van der Waals surface area (Å²) in [6.07, 6.45) is 0.925. The molecule has 20 heavy (non-hydrogen) atoms. The first kappa shape index (κ1) is 14.2. The van der Waals surface area contributed by atoms with Gasteiger partial charge in [-0.25, -0.2) is 0 Å². The number of guanidine groups is 1. The Labute approximate surface area is 118 Å². The van der Waals surface area contributed by atoms with Crippen molar-refractivity contribution in [3.05, 3.63) is 23.8 Å². The second kappa shape index (κ2) is 6.27. The highest BCUT2D eigenvalue weighted by molar-refractivity contribution is 6.07. The molecule has 1 aliphatic heterocycles. The highest BCUT2D eigenvalue weighted by Crippen LogP contribution is 2.35. The van der Waals surface area contributed by atoms with Crippen molar-refractivity contribution in [1.82, 2.24) is 10.6 Å². The van der Waals surface area contributed by atoms with Gasteiger partial charge in [-0.15, -0.1) is 0 Å². The Morgan fingerprint density at radius 2 is 2.10 bits per heavy atom. The van der Waals surface area contributed by atoms with Crippen molar-refractivity contribution >= 4 is 11.9 Å². The van der Waals surface area contributed by atoms with Gasteiger partial charge in [0.05, 0.1) is 14.2 Å². The van der Waals surface area contributed by atoms with Gasteiger partial charge in [0.1, 0.15) is 6.04 Å². The van der Waals surface area contributed by atoms with Crippen LogP contribution in [0.4, 0.5) is 0 Å². The average molecular weight is 277 g/mol. The lowest BCUT2D eigenvalue weighted by Gasteiger charge is -2.15. The summed E-state index contributed by atoms with van der Waals surface area (Å²) in [4.78, 5) is 16.3. The van der Waals surface area contributed by atoms with Crippen LogP contribution in [0.3, 0.4) is 0 Å². The predicted octanol–water partition coefficient (Wildman–Crippen LogP) is 1.23. The zero-order chi connectivity index (χ0) is 14.5. The van der Waals surface area contributed by atoms with Crippen molar-refractivity contribution in [2.24, 2.45) is 4.99 Å². The van der Waals surface area contributed by atoms with Crippen molar-refractivity contribution in [1.29, 1.82) is 0 Å². The van der Waals surface area contributed by atoms with E-state index in [1.807, 2.05) is 19.1 Å². The summed E-state index contributed by atoms with van der Waals surface area (Å²) in [6.45, 7) is 2.70. The molecule has 1 amide bonds. The van der Waals surface area contributed by atoms with E-state index in [9.17, 15) is 4.79 Å². The Morgan fingerprint density at radius 3 is 2.75 bits per heavy atom. The Kier molecular flexibility index (Phi) is 4.45. The number of hydrogen-bond acceptors (Lipinski definition) is 4. The van der Waals surface area contributed by atoms with E-state index >= 15 is 0 Å². The molecule has 1 saturated heterocycles. The van der Waals surface area contributed by atoms with Gasteiger partial charge in [-0.3, -0.25) is 15.1 Å². The normalized spacial score (nSPS) is 19.6. The van der Waals surface area contributed by atoms with Crippen molar-refractivity contribution in [2.45, 2.75) is 19.4 Å². The Morgan fingerprint density at radius 1 is 1.30 bits per heavy atom. The topological polar surface area (TPSA) is 72.0 Å². The highest BCUT2D eigenvalue weighted by atomic mass is 16.5. The van der Waals surface area contributed by atoms with Crippen LogP contribution in [0.1, 0.15) is 24.9 Å². The summed E-state index contributed by atoms with van der Waals surface area (Å²) in [7, 11) is 3.12. The maximum Gasteiger partial charge on any atom is 0.254 e. The first-order valence-corrected chi connectivity index (χ1v) is 6.54. The van der Waals surface area contributed by atoms with Crippen LogP contribution in [0, 0.1) is 0 Å². The average Bonchev–Trinajstić information content (AvgIpc) is 2.84. The molecule has 1 atom stereocenters. The number of methoxy groups -OCH3 is 2. The van der Waals surface area contributed by atoms with Gasteiger partial charge in [-0.05, 0) is 12.5 Å². The predicted molar refractivity (Wildman–Crippen MR) is 76.2 cm³/mol. The second-order valence-corrected chi connectivity index (χ2v) is 4.38. The third-order valence-corrected chi connectivity index (χ3v) is 3.02. The number of nitrogens with one attached hydrogen (secondary N) is 2. The molecular formula is C14H19N3O3. The van der Waals surface area contributed by atoms with E-state index in [0.29, 0.717) is 24.0 Å². The molecule has 2 rings (SSSR count). The van der Waals surface area contributed by atoms with E-state index in [-0.39, 0.29) is 5.91 Å². The molecule has 1 aromatic rings. The smallest absolute Gasteiger partial charge is 0.254 e. The van der Waals surface area contributed by atoms with E-state index < -0.39 is 6.04 Å². The van der Waals surface area contributed by atoms with E-state index in [1.165, 1.54) is 0 Å². The highest BCUT2D eigenvalue weighted by Gasteiger charge is 2.32. The van der Waals surface area contributed by atoms with Crippen molar-refractivity contribution in [2.75, 3.05) is 20.8 Å². The lowest BCUT2D eigenvalue weighted by molar-refractivity contribution is -0.120. The summed E-state index contributed by atoms with van der Waals surface area (Å²) in [5, 5.41) is 5.80. The van der Waals surface area contributed by atoms with E-state index in [4.69, 9.17) is 9.47 Å². The van der Waals surface area contributed by atoms with E-state index in [1.54, 1.807) is 20.3 Å². The van der Waals surface area contributed by atoms with Crippen LogP contribution in [0.15, 0.2) is 23.2 Å². The van der Waals surface area contributed by atoms with Gasteiger partial charge in [0.2, 0.25) is 0 Å². The summed E-state index contributed by atoms with van der Waals surface area (Å²) in [5.74, 6) is 1.51. The Hall–Kier alpha value is -2.24. The first-order chi connectivity index (χ1) is 9.71. The van der Waals surface area contributed by atoms with Crippen molar-refractivity contribution in [3.63, 3.8) is 0 Å². The number of aliphatic imine (C=N–C) groups is 1. The molecule has 2 N–H and O–H groups in total. The monoisotopic (exact) mass is 277 g/mol. The number of carbonyl (C=O) groups is 1. The number of rotatable bonds is 5. The van der Waals surface area contributed by atoms with Gasteiger partial charge in [-0.2, -0.15) is 0 Å². The number of carbonyl (C=O) groups excluding carboxylic acids is 1. The maximum atomic E-state index is 12.1. The van der Waals surface area contributed by atoms with Crippen LogP contribution in [0.2, 0.25) is 0 Å². The molecule has 0 spiro atoms.